The van der Waals surface area contributed by atoms with Crippen LogP contribution in [0.4, 0.5) is 0 Å². The largest absolute Gasteiger partial charge is 0.343 e. The molecule has 1 aromatic heterocycles. The van der Waals surface area contributed by atoms with Crippen molar-refractivity contribution in [3.63, 3.8) is 0 Å². The second-order valence-corrected chi connectivity index (χ2v) is 5.27. The maximum absolute atomic E-state index is 4.80. The van der Waals surface area contributed by atoms with E-state index in [1.165, 1.54) is 38.7 Å². The van der Waals surface area contributed by atoms with E-state index in [1.54, 1.807) is 0 Å². The SMILES string of the molecule is CC1CN2CCCCC2CN1Cc1ncon1. The Morgan fingerprint density at radius 2 is 2.35 bits per heavy atom. The highest BCUT2D eigenvalue weighted by molar-refractivity contribution is 4.91. The van der Waals surface area contributed by atoms with E-state index in [4.69, 9.17) is 4.52 Å². The third kappa shape index (κ3) is 2.35. The molecule has 2 atom stereocenters. The summed E-state index contributed by atoms with van der Waals surface area (Å²) >= 11 is 0. The van der Waals surface area contributed by atoms with Gasteiger partial charge >= 0.3 is 0 Å². The van der Waals surface area contributed by atoms with E-state index >= 15 is 0 Å². The van der Waals surface area contributed by atoms with Crippen LogP contribution in [0.3, 0.4) is 0 Å². The minimum Gasteiger partial charge on any atom is -0.343 e. The van der Waals surface area contributed by atoms with Crippen molar-refractivity contribution in [2.75, 3.05) is 19.6 Å². The smallest absolute Gasteiger partial charge is 0.213 e. The van der Waals surface area contributed by atoms with E-state index < -0.39 is 0 Å². The Morgan fingerprint density at radius 1 is 1.41 bits per heavy atom. The van der Waals surface area contributed by atoms with Gasteiger partial charge in [-0.05, 0) is 26.3 Å². The number of piperazine rings is 1. The Kier molecular flexibility index (Phi) is 3.11. The van der Waals surface area contributed by atoms with E-state index in [1.807, 2.05) is 0 Å². The minimum atomic E-state index is 0.586. The van der Waals surface area contributed by atoms with Gasteiger partial charge in [-0.25, -0.2) is 0 Å². The lowest BCUT2D eigenvalue weighted by molar-refractivity contribution is 0.00955. The normalized spacial score (nSPS) is 31.4. The fourth-order valence-electron chi connectivity index (χ4n) is 3.08. The average Bonchev–Trinajstić information content (AvgIpc) is 2.83. The van der Waals surface area contributed by atoms with Crippen LogP contribution in [0.5, 0.6) is 0 Å². The Morgan fingerprint density at radius 3 is 3.18 bits per heavy atom. The first-order valence-electron chi connectivity index (χ1n) is 6.56. The molecular weight excluding hydrogens is 216 g/mol. The summed E-state index contributed by atoms with van der Waals surface area (Å²) in [6.07, 6.45) is 5.51. The summed E-state index contributed by atoms with van der Waals surface area (Å²) in [6, 6.07) is 1.33. The first-order chi connectivity index (χ1) is 8.33. The second kappa shape index (κ2) is 4.74. The molecule has 2 unspecified atom stereocenters. The predicted molar refractivity (Wildman–Crippen MR) is 63.4 cm³/mol. The molecule has 1 aromatic rings. The van der Waals surface area contributed by atoms with Crippen molar-refractivity contribution in [3.8, 4) is 0 Å². The zero-order valence-electron chi connectivity index (χ0n) is 10.4. The molecule has 0 amide bonds. The maximum Gasteiger partial charge on any atom is 0.213 e. The summed E-state index contributed by atoms with van der Waals surface area (Å²) in [7, 11) is 0. The molecule has 3 heterocycles. The van der Waals surface area contributed by atoms with Gasteiger partial charge in [-0.1, -0.05) is 11.6 Å². The molecule has 5 nitrogen and oxygen atoms in total. The molecule has 0 radical (unpaired) electrons. The zero-order valence-corrected chi connectivity index (χ0v) is 10.4. The summed E-state index contributed by atoms with van der Waals surface area (Å²) < 4.78 is 4.80. The summed E-state index contributed by atoms with van der Waals surface area (Å²) in [5, 5.41) is 3.91. The van der Waals surface area contributed by atoms with Gasteiger partial charge in [0.1, 0.15) is 0 Å². The Hall–Kier alpha value is -0.940. The number of hydrogen-bond donors (Lipinski definition) is 0. The third-order valence-electron chi connectivity index (χ3n) is 4.07. The van der Waals surface area contributed by atoms with Gasteiger partial charge in [-0.2, -0.15) is 4.98 Å². The number of fused-ring (bicyclic) bond motifs is 1. The quantitative estimate of drug-likeness (QED) is 0.770. The van der Waals surface area contributed by atoms with Crippen LogP contribution in [-0.4, -0.2) is 51.7 Å². The predicted octanol–water partition coefficient (Wildman–Crippen LogP) is 1.13. The van der Waals surface area contributed by atoms with Gasteiger partial charge in [0.2, 0.25) is 6.39 Å². The van der Waals surface area contributed by atoms with Crippen molar-refractivity contribution in [3.05, 3.63) is 12.2 Å². The number of piperidine rings is 1. The lowest BCUT2D eigenvalue weighted by atomic mass is 9.97. The molecule has 2 aliphatic heterocycles. The monoisotopic (exact) mass is 236 g/mol. The summed E-state index contributed by atoms with van der Waals surface area (Å²) in [5.41, 5.74) is 0. The van der Waals surface area contributed by atoms with Gasteiger partial charge in [0.05, 0.1) is 6.54 Å². The fourth-order valence-corrected chi connectivity index (χ4v) is 3.08. The van der Waals surface area contributed by atoms with Crippen molar-refractivity contribution in [1.82, 2.24) is 19.9 Å². The first kappa shape index (κ1) is 11.2. The highest BCUT2D eigenvalue weighted by Gasteiger charge is 2.33. The second-order valence-electron chi connectivity index (χ2n) is 5.27. The molecule has 0 saturated carbocycles. The summed E-state index contributed by atoms with van der Waals surface area (Å²) in [6.45, 7) is 6.73. The van der Waals surface area contributed by atoms with E-state index in [2.05, 4.69) is 26.9 Å². The summed E-state index contributed by atoms with van der Waals surface area (Å²) in [4.78, 5) is 9.25. The van der Waals surface area contributed by atoms with Gasteiger partial charge in [0.15, 0.2) is 5.82 Å². The minimum absolute atomic E-state index is 0.586. The van der Waals surface area contributed by atoms with Crippen molar-refractivity contribution >= 4 is 0 Å². The van der Waals surface area contributed by atoms with E-state index in [-0.39, 0.29) is 0 Å². The summed E-state index contributed by atoms with van der Waals surface area (Å²) in [5.74, 6) is 0.807. The van der Waals surface area contributed by atoms with Gasteiger partial charge < -0.3 is 4.52 Å². The van der Waals surface area contributed by atoms with Crippen molar-refractivity contribution < 1.29 is 4.52 Å². The van der Waals surface area contributed by atoms with Crippen LogP contribution in [0.15, 0.2) is 10.9 Å². The molecule has 17 heavy (non-hydrogen) atoms. The van der Waals surface area contributed by atoms with Gasteiger partial charge in [-0.15, -0.1) is 0 Å². The van der Waals surface area contributed by atoms with Crippen LogP contribution < -0.4 is 0 Å². The molecule has 2 fully saturated rings. The maximum atomic E-state index is 4.80. The van der Waals surface area contributed by atoms with Crippen molar-refractivity contribution in [1.29, 1.82) is 0 Å². The van der Waals surface area contributed by atoms with E-state index in [9.17, 15) is 0 Å². The molecule has 0 spiro atoms. The fraction of sp³-hybridized carbons (Fsp3) is 0.833. The molecule has 2 saturated heterocycles. The standard InChI is InChI=1S/C12H20N4O/c1-10-6-15-5-3-2-4-11(15)7-16(10)8-12-13-9-17-14-12/h9-11H,2-8H2,1H3. The van der Waals surface area contributed by atoms with Crippen LogP contribution in [0.25, 0.3) is 0 Å². The molecule has 2 aliphatic rings. The first-order valence-corrected chi connectivity index (χ1v) is 6.56. The molecule has 94 valence electrons. The van der Waals surface area contributed by atoms with Crippen LogP contribution in [0, 0.1) is 0 Å². The van der Waals surface area contributed by atoms with Gasteiger partial charge in [-0.3, -0.25) is 9.80 Å². The molecule has 0 bridgehead atoms. The zero-order chi connectivity index (χ0) is 11.7. The molecule has 0 aliphatic carbocycles. The van der Waals surface area contributed by atoms with E-state index in [0.717, 1.165) is 25.0 Å². The van der Waals surface area contributed by atoms with Gasteiger partial charge in [0.25, 0.3) is 0 Å². The lowest BCUT2D eigenvalue weighted by Gasteiger charge is -2.47. The van der Waals surface area contributed by atoms with Crippen molar-refractivity contribution in [2.45, 2.75) is 44.8 Å². The Labute approximate surface area is 102 Å². The molecule has 0 N–H and O–H groups in total. The number of hydrogen-bond acceptors (Lipinski definition) is 5. The van der Waals surface area contributed by atoms with Crippen LogP contribution >= 0.6 is 0 Å². The van der Waals surface area contributed by atoms with Crippen molar-refractivity contribution in [2.24, 2.45) is 0 Å². The number of rotatable bonds is 2. The highest BCUT2D eigenvalue weighted by Crippen LogP contribution is 2.24. The molecule has 5 heteroatoms. The van der Waals surface area contributed by atoms with E-state index in [0.29, 0.717) is 6.04 Å². The Bertz CT molecular complexity index is 353. The van der Waals surface area contributed by atoms with Crippen LogP contribution in [0.1, 0.15) is 32.0 Å². The third-order valence-corrected chi connectivity index (χ3v) is 4.07. The highest BCUT2D eigenvalue weighted by atomic mass is 16.5. The van der Waals surface area contributed by atoms with Crippen LogP contribution in [0.2, 0.25) is 0 Å². The Balaban J connectivity index is 1.65. The molecule has 3 rings (SSSR count). The van der Waals surface area contributed by atoms with Gasteiger partial charge in [0, 0.05) is 25.2 Å². The topological polar surface area (TPSA) is 45.4 Å². The lowest BCUT2D eigenvalue weighted by Crippen LogP contribution is -2.58. The molecular formula is C12H20N4O. The number of nitrogens with zero attached hydrogens (tertiary/aromatic N) is 4. The molecule has 0 aromatic carbocycles. The number of aromatic nitrogens is 2. The average molecular weight is 236 g/mol. The van der Waals surface area contributed by atoms with Crippen LogP contribution in [-0.2, 0) is 6.54 Å².